The predicted octanol–water partition coefficient (Wildman–Crippen LogP) is 1.90. The molecule has 1 unspecified atom stereocenters. The van der Waals surface area contributed by atoms with Gasteiger partial charge in [-0.25, -0.2) is 13.1 Å². The normalized spacial score (nSPS) is 14.6. The second-order valence-electron chi connectivity index (χ2n) is 4.04. The van der Waals surface area contributed by atoms with E-state index in [9.17, 15) is 21.6 Å². The first-order chi connectivity index (χ1) is 8.64. The Labute approximate surface area is 113 Å². The van der Waals surface area contributed by atoms with Crippen LogP contribution in [0.4, 0.5) is 13.2 Å². The zero-order valence-corrected chi connectivity index (χ0v) is 11.7. The van der Waals surface area contributed by atoms with Gasteiger partial charge >= 0.3 is 6.18 Å². The molecule has 0 fully saturated rings. The summed E-state index contributed by atoms with van der Waals surface area (Å²) in [5.74, 6) is 0. The lowest BCUT2D eigenvalue weighted by atomic mass is 10.2. The zero-order chi connectivity index (χ0) is 14.7. The summed E-state index contributed by atoms with van der Waals surface area (Å²) in [5.41, 5.74) is 0. The van der Waals surface area contributed by atoms with E-state index < -0.39 is 28.7 Å². The van der Waals surface area contributed by atoms with E-state index in [1.807, 2.05) is 4.72 Å². The molecular weight excluding hydrogens is 303 g/mol. The Morgan fingerprint density at radius 1 is 1.42 bits per heavy atom. The summed E-state index contributed by atoms with van der Waals surface area (Å²) in [4.78, 5) is 0.659. The molecule has 1 aromatic heterocycles. The molecular formula is C10H14F3NO3S2. The van der Waals surface area contributed by atoms with Crippen molar-refractivity contribution < 1.29 is 26.7 Å². The molecule has 0 aliphatic heterocycles. The van der Waals surface area contributed by atoms with Gasteiger partial charge in [0.15, 0.2) is 0 Å². The average molecular weight is 317 g/mol. The lowest BCUT2D eigenvalue weighted by Gasteiger charge is -2.15. The zero-order valence-electron chi connectivity index (χ0n) is 10.1. The fourth-order valence-electron chi connectivity index (χ4n) is 1.46. The highest BCUT2D eigenvalue weighted by Gasteiger charge is 2.32. The number of hydrogen-bond acceptors (Lipinski definition) is 4. The van der Waals surface area contributed by atoms with E-state index in [0.29, 0.717) is 11.3 Å². The van der Waals surface area contributed by atoms with Crippen molar-refractivity contribution in [3.8, 4) is 0 Å². The van der Waals surface area contributed by atoms with Gasteiger partial charge < -0.3 is 5.11 Å². The Morgan fingerprint density at radius 3 is 2.58 bits per heavy atom. The third-order valence-electron chi connectivity index (χ3n) is 2.15. The van der Waals surface area contributed by atoms with Gasteiger partial charge in [0.1, 0.15) is 4.21 Å². The van der Waals surface area contributed by atoms with Gasteiger partial charge in [0.2, 0.25) is 10.0 Å². The monoisotopic (exact) mass is 317 g/mol. The maximum absolute atomic E-state index is 12.1. The van der Waals surface area contributed by atoms with Gasteiger partial charge in [0, 0.05) is 23.9 Å². The molecule has 0 amide bonds. The summed E-state index contributed by atoms with van der Waals surface area (Å²) in [6.07, 6.45) is -5.32. The molecule has 2 N–H and O–H groups in total. The molecule has 1 atom stereocenters. The first kappa shape index (κ1) is 16.4. The smallest absolute Gasteiger partial charge is 0.390 e. The largest absolute Gasteiger partial charge is 0.396 e. The minimum Gasteiger partial charge on any atom is -0.396 e. The fourth-order valence-corrected chi connectivity index (χ4v) is 4.06. The summed E-state index contributed by atoms with van der Waals surface area (Å²) in [6.45, 7) is 1.05. The van der Waals surface area contributed by atoms with Crippen LogP contribution in [0.5, 0.6) is 0 Å². The molecule has 19 heavy (non-hydrogen) atoms. The van der Waals surface area contributed by atoms with Crippen molar-refractivity contribution in [1.29, 1.82) is 0 Å². The van der Waals surface area contributed by atoms with E-state index in [0.717, 1.165) is 18.3 Å². The molecule has 1 aromatic rings. The van der Waals surface area contributed by atoms with Crippen molar-refractivity contribution >= 4 is 21.4 Å². The van der Waals surface area contributed by atoms with Crippen LogP contribution in [0.15, 0.2) is 16.3 Å². The van der Waals surface area contributed by atoms with E-state index in [1.165, 1.54) is 12.1 Å². The number of alkyl halides is 3. The maximum atomic E-state index is 12.1. The molecule has 0 aliphatic rings. The van der Waals surface area contributed by atoms with E-state index in [4.69, 9.17) is 5.11 Å². The number of halogens is 3. The third-order valence-corrected chi connectivity index (χ3v) is 5.38. The second-order valence-corrected chi connectivity index (χ2v) is 7.15. The van der Waals surface area contributed by atoms with Crippen molar-refractivity contribution in [3.05, 3.63) is 17.0 Å². The molecule has 9 heteroatoms. The van der Waals surface area contributed by atoms with Crippen molar-refractivity contribution in [1.82, 2.24) is 4.72 Å². The highest BCUT2D eigenvalue weighted by Crippen LogP contribution is 2.25. The number of aliphatic hydroxyl groups is 1. The lowest BCUT2D eigenvalue weighted by molar-refractivity contribution is -0.137. The quantitative estimate of drug-likeness (QED) is 0.842. The molecule has 0 saturated heterocycles. The van der Waals surface area contributed by atoms with Gasteiger partial charge in [-0.15, -0.1) is 11.3 Å². The van der Waals surface area contributed by atoms with Crippen molar-refractivity contribution in [2.45, 2.75) is 36.2 Å². The number of sulfonamides is 1. The molecule has 0 aliphatic carbocycles. The highest BCUT2D eigenvalue weighted by atomic mass is 32.2. The summed E-state index contributed by atoms with van der Waals surface area (Å²) < 4.78 is 61.9. The van der Waals surface area contributed by atoms with Gasteiger partial charge in [-0.05, 0) is 19.1 Å². The van der Waals surface area contributed by atoms with Gasteiger partial charge in [-0.2, -0.15) is 13.2 Å². The summed E-state index contributed by atoms with van der Waals surface area (Å²) in [6, 6.07) is 1.62. The minimum absolute atomic E-state index is 0.0509. The maximum Gasteiger partial charge on any atom is 0.390 e. The van der Waals surface area contributed by atoms with Gasteiger partial charge in [0.25, 0.3) is 0 Å². The fraction of sp³-hybridized carbons (Fsp3) is 0.600. The molecule has 0 aromatic carbocycles. The van der Waals surface area contributed by atoms with E-state index in [2.05, 4.69) is 0 Å². The Hall–Kier alpha value is -0.640. The standard InChI is InChI=1S/C10H14F3NO3S2/c1-7(6-10(11,12)13)14-19(16,17)9-3-2-8(18-9)4-5-15/h2-3,7,14-15H,4-6H2,1H3. The van der Waals surface area contributed by atoms with E-state index >= 15 is 0 Å². The first-order valence-corrected chi connectivity index (χ1v) is 7.72. The summed E-state index contributed by atoms with van der Waals surface area (Å²) in [7, 11) is -3.94. The SMILES string of the molecule is CC(CC(F)(F)F)NS(=O)(=O)c1ccc(CCO)s1. The topological polar surface area (TPSA) is 66.4 Å². The molecule has 0 saturated carbocycles. The number of rotatable bonds is 6. The van der Waals surface area contributed by atoms with Crippen LogP contribution in [0.25, 0.3) is 0 Å². The first-order valence-electron chi connectivity index (χ1n) is 5.43. The van der Waals surface area contributed by atoms with Gasteiger partial charge in [-0.1, -0.05) is 0 Å². The van der Waals surface area contributed by atoms with Crippen LogP contribution in [0.2, 0.25) is 0 Å². The summed E-state index contributed by atoms with van der Waals surface area (Å²) in [5, 5.41) is 8.72. The van der Waals surface area contributed by atoms with Crippen molar-refractivity contribution in [2.24, 2.45) is 0 Å². The van der Waals surface area contributed by atoms with Gasteiger partial charge in [-0.3, -0.25) is 0 Å². The Balaban J connectivity index is 2.74. The van der Waals surface area contributed by atoms with E-state index in [-0.39, 0.29) is 10.8 Å². The second kappa shape index (κ2) is 6.21. The highest BCUT2D eigenvalue weighted by molar-refractivity contribution is 7.91. The average Bonchev–Trinajstić information content (AvgIpc) is 2.63. The number of hydrogen-bond donors (Lipinski definition) is 2. The van der Waals surface area contributed by atoms with Crippen LogP contribution in [0.1, 0.15) is 18.2 Å². The van der Waals surface area contributed by atoms with E-state index in [1.54, 1.807) is 0 Å². The molecule has 0 spiro atoms. The number of thiophene rings is 1. The Kier molecular flexibility index (Phi) is 5.36. The lowest BCUT2D eigenvalue weighted by Crippen LogP contribution is -2.35. The van der Waals surface area contributed by atoms with Crippen molar-refractivity contribution in [2.75, 3.05) is 6.61 Å². The number of nitrogens with one attached hydrogen (secondary N) is 1. The van der Waals surface area contributed by atoms with Crippen LogP contribution >= 0.6 is 11.3 Å². The minimum atomic E-state index is -4.42. The molecule has 110 valence electrons. The molecule has 4 nitrogen and oxygen atoms in total. The molecule has 0 bridgehead atoms. The predicted molar refractivity (Wildman–Crippen MR) is 65.6 cm³/mol. The third kappa shape index (κ3) is 5.47. The Bertz CT molecular complexity index is 510. The van der Waals surface area contributed by atoms with Crippen molar-refractivity contribution in [3.63, 3.8) is 0 Å². The Morgan fingerprint density at radius 2 is 2.05 bits per heavy atom. The van der Waals surface area contributed by atoms with Crippen LogP contribution in [0.3, 0.4) is 0 Å². The van der Waals surface area contributed by atoms with Gasteiger partial charge in [0.05, 0.1) is 6.42 Å². The molecule has 1 rings (SSSR count). The van der Waals surface area contributed by atoms with Crippen LogP contribution in [-0.2, 0) is 16.4 Å². The summed E-state index contributed by atoms with van der Waals surface area (Å²) >= 11 is 0.933. The van der Waals surface area contributed by atoms with Crippen LogP contribution in [-0.4, -0.2) is 32.3 Å². The number of aliphatic hydroxyl groups excluding tert-OH is 1. The molecule has 1 heterocycles. The molecule has 0 radical (unpaired) electrons. The van der Waals surface area contributed by atoms with Crippen LogP contribution in [0, 0.1) is 0 Å². The van der Waals surface area contributed by atoms with Crippen LogP contribution < -0.4 is 4.72 Å².